The number of aldehydes is 1. The quantitative estimate of drug-likeness (QED) is 0.120. The number of rotatable bonds is 11. The Bertz CT molecular complexity index is 817. The molecule has 0 aromatic rings. The number of piperidine rings is 2. The molecule has 2 amide bonds. The number of methoxy groups -OCH3 is 1. The van der Waals surface area contributed by atoms with Gasteiger partial charge in [-0.15, -0.1) is 12.8 Å². The third-order valence-electron chi connectivity index (χ3n) is 6.91. The largest absolute Gasteiger partial charge is 0.385 e. The number of amides is 2. The minimum Gasteiger partial charge on any atom is -0.385 e. The first kappa shape index (κ1) is 39.0. The number of hydrogen-bond acceptors (Lipinski definition) is 4. The molecule has 2 bridgehead atoms. The molecular weight excluding hydrogens is 556 g/mol. The van der Waals surface area contributed by atoms with E-state index in [1.807, 2.05) is 11.8 Å². The van der Waals surface area contributed by atoms with Crippen molar-refractivity contribution in [3.05, 3.63) is 34.4 Å². The first-order valence-corrected chi connectivity index (χ1v) is 14.8. The Balaban J connectivity index is 0. The van der Waals surface area contributed by atoms with Crippen molar-refractivity contribution < 1.29 is 19.1 Å². The average molecular weight is 610 g/mol. The summed E-state index contributed by atoms with van der Waals surface area (Å²) in [5, 5.41) is 3.16. The van der Waals surface area contributed by atoms with Crippen LogP contribution < -0.4 is 5.32 Å². The van der Waals surface area contributed by atoms with Crippen LogP contribution in [0.3, 0.4) is 0 Å². The molecule has 1 saturated carbocycles. The molecule has 0 radical (unpaired) electrons. The highest BCUT2D eigenvalue weighted by Gasteiger charge is 2.51. The van der Waals surface area contributed by atoms with E-state index in [4.69, 9.17) is 9.53 Å². The fourth-order valence-electron chi connectivity index (χ4n) is 4.24. The number of terminal acetylenes is 1. The van der Waals surface area contributed by atoms with Crippen LogP contribution in [0, 0.1) is 30.6 Å². The van der Waals surface area contributed by atoms with E-state index in [2.05, 4.69) is 93.0 Å². The maximum absolute atomic E-state index is 12.5. The molecule has 3 rings (SSSR count). The number of halogens is 1. The normalized spacial score (nSPS) is 20.2. The molecule has 222 valence electrons. The van der Waals surface area contributed by atoms with Crippen molar-refractivity contribution in [2.24, 2.45) is 17.8 Å². The minimum absolute atomic E-state index is 0.105. The van der Waals surface area contributed by atoms with Crippen LogP contribution in [0.15, 0.2) is 34.4 Å². The Hall–Kier alpha value is -2.17. The number of nitrogens with one attached hydrogen (secondary N) is 1. The van der Waals surface area contributed by atoms with Gasteiger partial charge in [0.15, 0.2) is 0 Å². The van der Waals surface area contributed by atoms with Crippen LogP contribution >= 0.6 is 15.9 Å². The average Bonchev–Trinajstić information content (AvgIpc) is 2.92. The maximum atomic E-state index is 12.5. The van der Waals surface area contributed by atoms with Crippen molar-refractivity contribution >= 4 is 34.0 Å². The van der Waals surface area contributed by atoms with Gasteiger partial charge in [0.05, 0.1) is 0 Å². The molecule has 2 heterocycles. The van der Waals surface area contributed by atoms with E-state index in [0.29, 0.717) is 24.9 Å². The number of carbonyl (C=O) groups is 3. The van der Waals surface area contributed by atoms with Crippen LogP contribution in [0.4, 0.5) is 0 Å². The van der Waals surface area contributed by atoms with Gasteiger partial charge in [0, 0.05) is 49.2 Å². The fourth-order valence-corrected chi connectivity index (χ4v) is 4.62. The van der Waals surface area contributed by atoms with Crippen LogP contribution in [0.25, 0.3) is 0 Å². The highest BCUT2D eigenvalue weighted by atomic mass is 79.9. The minimum atomic E-state index is -0.142. The summed E-state index contributed by atoms with van der Waals surface area (Å²) < 4.78 is 6.16. The molecule has 1 N–H and O–H groups in total. The van der Waals surface area contributed by atoms with Gasteiger partial charge in [0.2, 0.25) is 11.8 Å². The van der Waals surface area contributed by atoms with Gasteiger partial charge >= 0.3 is 0 Å². The second-order valence-electron chi connectivity index (χ2n) is 10.3. The lowest BCUT2D eigenvalue weighted by Crippen LogP contribution is -2.62. The zero-order valence-corrected chi connectivity index (χ0v) is 27.2. The maximum Gasteiger partial charge on any atom is 0.224 e. The Kier molecular flexibility index (Phi) is 22.6. The van der Waals surface area contributed by atoms with E-state index < -0.39 is 0 Å². The predicted octanol–water partition coefficient (Wildman–Crippen LogP) is 6.85. The van der Waals surface area contributed by atoms with E-state index in [1.54, 1.807) is 7.11 Å². The van der Waals surface area contributed by atoms with Crippen LogP contribution in [0.2, 0.25) is 0 Å². The molecule has 2 aliphatic heterocycles. The van der Waals surface area contributed by atoms with Gasteiger partial charge in [-0.05, 0) is 83.8 Å². The summed E-state index contributed by atoms with van der Waals surface area (Å²) in [4.78, 5) is 35.4. The van der Waals surface area contributed by atoms with E-state index in [9.17, 15) is 9.59 Å². The molecule has 39 heavy (non-hydrogen) atoms. The smallest absolute Gasteiger partial charge is 0.224 e. The molecule has 2 unspecified atom stereocenters. The number of carbonyl (C=O) groups excluding carboxylic acids is 3. The van der Waals surface area contributed by atoms with E-state index >= 15 is 0 Å². The monoisotopic (exact) mass is 608 g/mol. The van der Waals surface area contributed by atoms with Crippen molar-refractivity contribution in [3.8, 4) is 12.8 Å². The highest BCUT2D eigenvalue weighted by molar-refractivity contribution is 9.12. The first-order valence-electron chi connectivity index (χ1n) is 14.0. The molecule has 3 fully saturated rings. The standard InChI is InChI=1S/C17H30N2O3.C11H17Br.C2H4O.C2H2/c1-5-17(2,3)18-16(21)15-12-9-13(15)11-19(10-12)14(20)7-6-8-22-4;1-4-6-7-8-9-11(12)10(3)5-2;1-2-3;1-2/h12-13,15H,5-11H2,1-4H3,(H,18,21);5,7-9H,4,6H2,1-3H3;2H,1H3;1-2H/b;8-7-,10-5+,11-9+;;. The summed E-state index contributed by atoms with van der Waals surface area (Å²) >= 11 is 3.50. The summed E-state index contributed by atoms with van der Waals surface area (Å²) in [6.45, 7) is 16.1. The lowest BCUT2D eigenvalue weighted by atomic mass is 9.61. The molecule has 0 spiro atoms. The Labute approximate surface area is 247 Å². The van der Waals surface area contributed by atoms with Gasteiger partial charge in [-0.25, -0.2) is 0 Å². The van der Waals surface area contributed by atoms with Gasteiger partial charge in [0.1, 0.15) is 6.29 Å². The predicted molar refractivity (Wildman–Crippen MR) is 167 cm³/mol. The molecule has 0 aromatic heterocycles. The van der Waals surface area contributed by atoms with E-state index in [1.165, 1.54) is 18.9 Å². The first-order chi connectivity index (χ1) is 18.5. The van der Waals surface area contributed by atoms with E-state index in [0.717, 1.165) is 49.5 Å². The number of hydrogen-bond donors (Lipinski definition) is 1. The van der Waals surface area contributed by atoms with Crippen LogP contribution in [0.1, 0.15) is 87.0 Å². The van der Waals surface area contributed by atoms with Crippen LogP contribution in [0.5, 0.6) is 0 Å². The van der Waals surface area contributed by atoms with Crippen molar-refractivity contribution in [1.29, 1.82) is 0 Å². The highest BCUT2D eigenvalue weighted by Crippen LogP contribution is 2.46. The third-order valence-corrected chi connectivity index (χ3v) is 7.80. The molecule has 2 atom stereocenters. The zero-order valence-electron chi connectivity index (χ0n) is 25.6. The molecule has 0 aromatic carbocycles. The lowest BCUT2D eigenvalue weighted by molar-refractivity contribution is -0.153. The Morgan fingerprint density at radius 1 is 1.15 bits per heavy atom. The summed E-state index contributed by atoms with van der Waals surface area (Å²) in [5.41, 5.74) is 1.13. The van der Waals surface area contributed by atoms with Gasteiger partial charge in [-0.3, -0.25) is 9.59 Å². The molecule has 3 aliphatic rings. The summed E-state index contributed by atoms with van der Waals surface area (Å²) in [6.07, 6.45) is 22.9. The second-order valence-corrected chi connectivity index (χ2v) is 11.2. The fraction of sp³-hybridized carbons (Fsp3) is 0.656. The number of unbranched alkanes of at least 4 members (excludes halogenated alkanes) is 1. The van der Waals surface area contributed by atoms with Gasteiger partial charge < -0.3 is 19.7 Å². The summed E-state index contributed by atoms with van der Waals surface area (Å²) in [7, 11) is 1.65. The van der Waals surface area contributed by atoms with Crippen LogP contribution in [-0.2, 0) is 19.1 Å². The number of fused-ring (bicyclic) bond motifs is 2. The summed E-state index contributed by atoms with van der Waals surface area (Å²) in [5.74, 6) is 1.18. The van der Waals surface area contributed by atoms with Gasteiger partial charge in [0.25, 0.3) is 0 Å². The molecule has 7 heteroatoms. The van der Waals surface area contributed by atoms with Crippen molar-refractivity contribution in [1.82, 2.24) is 10.2 Å². The molecular formula is C32H53BrN2O4. The Morgan fingerprint density at radius 2 is 1.72 bits per heavy atom. The van der Waals surface area contributed by atoms with Crippen molar-refractivity contribution in [2.45, 2.75) is 92.5 Å². The second kappa shape index (κ2) is 22.6. The SMILES string of the molecule is C#C.C/C=C(C)/C(Br)=C\C=C/CCC.CC=O.CCC(C)(C)NC(=O)C1C2CC1CN(C(=O)CCCOC)C2. The summed E-state index contributed by atoms with van der Waals surface area (Å²) in [6, 6.07) is 0. The van der Waals surface area contributed by atoms with Crippen LogP contribution in [-0.4, -0.2) is 55.3 Å². The molecule has 2 saturated heterocycles. The van der Waals surface area contributed by atoms with Gasteiger partial charge in [-0.2, -0.15) is 0 Å². The topological polar surface area (TPSA) is 75.7 Å². The molecule has 6 nitrogen and oxygen atoms in total. The number of ether oxygens (including phenoxy) is 1. The van der Waals surface area contributed by atoms with Crippen molar-refractivity contribution in [2.75, 3.05) is 26.8 Å². The van der Waals surface area contributed by atoms with E-state index in [-0.39, 0.29) is 23.3 Å². The number of allylic oxidation sites excluding steroid dienone is 6. The molecule has 1 aliphatic carbocycles. The number of nitrogens with zero attached hydrogens (tertiary/aromatic N) is 1. The zero-order chi connectivity index (χ0) is 30.4. The van der Waals surface area contributed by atoms with Gasteiger partial charge in [-0.1, -0.05) is 54.4 Å². The Morgan fingerprint density at radius 3 is 2.18 bits per heavy atom. The third kappa shape index (κ3) is 15.9. The lowest BCUT2D eigenvalue weighted by Gasteiger charge is -2.53. The van der Waals surface area contributed by atoms with Crippen molar-refractivity contribution in [3.63, 3.8) is 0 Å².